The Morgan fingerprint density at radius 1 is 1.12 bits per heavy atom. The zero-order chi connectivity index (χ0) is 11.1. The van der Waals surface area contributed by atoms with Gasteiger partial charge >= 0.3 is 0 Å². The van der Waals surface area contributed by atoms with Crippen molar-refractivity contribution in [3.63, 3.8) is 0 Å². The van der Waals surface area contributed by atoms with Gasteiger partial charge in [-0.2, -0.15) is 0 Å². The van der Waals surface area contributed by atoms with Crippen molar-refractivity contribution >= 4 is 5.91 Å². The van der Waals surface area contributed by atoms with E-state index in [1.807, 2.05) is 0 Å². The molecule has 3 rings (SSSR count). The first kappa shape index (κ1) is 10.6. The largest absolute Gasteiger partial charge is 0.352 e. The summed E-state index contributed by atoms with van der Waals surface area (Å²) in [6, 6.07) is 0.507. The molecule has 3 heteroatoms. The fraction of sp³-hybridized carbons (Fsp3) is 0.923. The third-order valence-corrected chi connectivity index (χ3v) is 4.79. The second-order valence-corrected chi connectivity index (χ2v) is 5.98. The van der Waals surface area contributed by atoms with Crippen molar-refractivity contribution in [2.24, 2.45) is 23.7 Å². The molecule has 2 N–H and O–H groups in total. The molecule has 3 nitrogen and oxygen atoms in total. The molecule has 0 radical (unpaired) electrons. The number of amides is 1. The topological polar surface area (TPSA) is 41.1 Å². The molecule has 2 saturated carbocycles. The first-order valence-electron chi connectivity index (χ1n) is 6.77. The van der Waals surface area contributed by atoms with Gasteiger partial charge in [-0.05, 0) is 43.4 Å². The van der Waals surface area contributed by atoms with Gasteiger partial charge in [0.05, 0.1) is 0 Å². The molecule has 16 heavy (non-hydrogen) atoms. The van der Waals surface area contributed by atoms with Crippen molar-refractivity contribution in [1.29, 1.82) is 0 Å². The third kappa shape index (κ3) is 1.86. The Hall–Kier alpha value is -0.570. The second-order valence-electron chi connectivity index (χ2n) is 5.98. The molecular weight excluding hydrogens is 200 g/mol. The van der Waals surface area contributed by atoms with Crippen LogP contribution in [0.2, 0.25) is 0 Å². The Kier molecular flexibility index (Phi) is 2.66. The molecule has 0 bridgehead atoms. The monoisotopic (exact) mass is 222 g/mol. The number of piperidine rings is 1. The number of fused-ring (bicyclic) bond motifs is 1. The summed E-state index contributed by atoms with van der Waals surface area (Å²) in [5.74, 6) is 2.96. The van der Waals surface area contributed by atoms with Crippen LogP contribution in [0, 0.1) is 23.7 Å². The van der Waals surface area contributed by atoms with Crippen molar-refractivity contribution < 1.29 is 4.79 Å². The molecule has 2 atom stereocenters. The summed E-state index contributed by atoms with van der Waals surface area (Å²) in [5, 5.41) is 6.62. The summed E-state index contributed by atoms with van der Waals surface area (Å²) in [7, 11) is 0. The van der Waals surface area contributed by atoms with Crippen LogP contribution in [0.25, 0.3) is 0 Å². The van der Waals surface area contributed by atoms with Crippen molar-refractivity contribution in [1.82, 2.24) is 10.6 Å². The van der Waals surface area contributed by atoms with Gasteiger partial charge in [0.25, 0.3) is 0 Å². The molecular formula is C13H22N2O. The average Bonchev–Trinajstić information content (AvgIpc) is 2.75. The first-order chi connectivity index (χ1) is 7.75. The summed E-state index contributed by atoms with van der Waals surface area (Å²) in [6.07, 6.45) is 4.68. The highest BCUT2D eigenvalue weighted by molar-refractivity contribution is 5.79. The third-order valence-electron chi connectivity index (χ3n) is 4.79. The highest BCUT2D eigenvalue weighted by Gasteiger charge is 2.53. The molecule has 0 aromatic rings. The minimum Gasteiger partial charge on any atom is -0.352 e. The Morgan fingerprint density at radius 2 is 1.75 bits per heavy atom. The number of carbonyl (C=O) groups excluding carboxylic acids is 1. The zero-order valence-electron chi connectivity index (χ0n) is 10.0. The lowest BCUT2D eigenvalue weighted by atomic mass is 9.82. The molecule has 0 aromatic carbocycles. The van der Waals surface area contributed by atoms with Crippen LogP contribution in [0.1, 0.15) is 32.6 Å². The summed E-state index contributed by atoms with van der Waals surface area (Å²) in [6.45, 7) is 4.51. The SMILES string of the molecule is CC1CCC(C(=O)NC2C3CNCC32)CC1. The normalized spacial score (nSPS) is 46.2. The maximum Gasteiger partial charge on any atom is 0.223 e. The van der Waals surface area contributed by atoms with Crippen LogP contribution in [0.4, 0.5) is 0 Å². The van der Waals surface area contributed by atoms with Gasteiger partial charge in [-0.25, -0.2) is 0 Å². The van der Waals surface area contributed by atoms with Crippen LogP contribution in [-0.4, -0.2) is 25.0 Å². The smallest absolute Gasteiger partial charge is 0.223 e. The van der Waals surface area contributed by atoms with E-state index < -0.39 is 0 Å². The van der Waals surface area contributed by atoms with Gasteiger partial charge in [0.1, 0.15) is 0 Å². The van der Waals surface area contributed by atoms with E-state index in [9.17, 15) is 4.79 Å². The molecule has 2 aliphatic carbocycles. The van der Waals surface area contributed by atoms with Crippen LogP contribution in [0.5, 0.6) is 0 Å². The number of nitrogens with one attached hydrogen (secondary N) is 2. The molecule has 1 saturated heterocycles. The molecule has 3 fully saturated rings. The van der Waals surface area contributed by atoms with E-state index in [1.165, 1.54) is 12.8 Å². The van der Waals surface area contributed by atoms with Gasteiger partial charge in [0.15, 0.2) is 0 Å². The van der Waals surface area contributed by atoms with Crippen molar-refractivity contribution in [2.75, 3.05) is 13.1 Å². The van der Waals surface area contributed by atoms with Crippen molar-refractivity contribution in [3.05, 3.63) is 0 Å². The molecule has 0 spiro atoms. The summed E-state index contributed by atoms with van der Waals surface area (Å²) >= 11 is 0. The fourth-order valence-corrected chi connectivity index (χ4v) is 3.44. The molecule has 1 amide bonds. The van der Waals surface area contributed by atoms with Crippen LogP contribution >= 0.6 is 0 Å². The Bertz CT molecular complexity index is 274. The van der Waals surface area contributed by atoms with Gasteiger partial charge in [0.2, 0.25) is 5.91 Å². The molecule has 1 heterocycles. The number of hydrogen-bond acceptors (Lipinski definition) is 2. The lowest BCUT2D eigenvalue weighted by molar-refractivity contribution is -0.126. The van der Waals surface area contributed by atoms with Gasteiger partial charge in [-0.15, -0.1) is 0 Å². The first-order valence-corrected chi connectivity index (χ1v) is 6.77. The van der Waals surface area contributed by atoms with E-state index in [4.69, 9.17) is 0 Å². The van der Waals surface area contributed by atoms with Crippen molar-refractivity contribution in [3.8, 4) is 0 Å². The van der Waals surface area contributed by atoms with Crippen LogP contribution < -0.4 is 10.6 Å². The summed E-state index contributed by atoms with van der Waals surface area (Å²) < 4.78 is 0. The molecule has 3 aliphatic rings. The van der Waals surface area contributed by atoms with E-state index in [-0.39, 0.29) is 0 Å². The van der Waals surface area contributed by atoms with E-state index in [0.717, 1.165) is 43.7 Å². The predicted molar refractivity (Wildman–Crippen MR) is 62.9 cm³/mol. The van der Waals surface area contributed by atoms with E-state index >= 15 is 0 Å². The standard InChI is InChI=1S/C13H22N2O/c1-8-2-4-9(5-3-8)13(16)15-12-10-6-14-7-11(10)12/h8-12,14H,2-7H2,1H3,(H,15,16). The quantitative estimate of drug-likeness (QED) is 0.736. The van der Waals surface area contributed by atoms with Crippen LogP contribution in [-0.2, 0) is 4.79 Å². The minimum absolute atomic E-state index is 0.311. The number of rotatable bonds is 2. The van der Waals surface area contributed by atoms with Crippen LogP contribution in [0.3, 0.4) is 0 Å². The Morgan fingerprint density at radius 3 is 2.38 bits per heavy atom. The lowest BCUT2D eigenvalue weighted by Crippen LogP contribution is -2.37. The summed E-state index contributed by atoms with van der Waals surface area (Å²) in [5.41, 5.74) is 0. The zero-order valence-corrected chi connectivity index (χ0v) is 10.0. The van der Waals surface area contributed by atoms with Gasteiger partial charge < -0.3 is 10.6 Å². The van der Waals surface area contributed by atoms with Gasteiger partial charge in [-0.3, -0.25) is 4.79 Å². The minimum atomic E-state index is 0.311. The second kappa shape index (κ2) is 4.02. The molecule has 2 unspecified atom stereocenters. The molecule has 0 aromatic heterocycles. The maximum atomic E-state index is 12.1. The molecule has 1 aliphatic heterocycles. The van der Waals surface area contributed by atoms with E-state index in [1.54, 1.807) is 0 Å². The average molecular weight is 222 g/mol. The van der Waals surface area contributed by atoms with E-state index in [2.05, 4.69) is 17.6 Å². The van der Waals surface area contributed by atoms with Gasteiger partial charge in [-0.1, -0.05) is 6.92 Å². The Labute approximate surface area is 97.4 Å². The Balaban J connectivity index is 1.47. The molecule has 90 valence electrons. The van der Waals surface area contributed by atoms with E-state index in [0.29, 0.717) is 17.9 Å². The number of hydrogen-bond donors (Lipinski definition) is 2. The number of carbonyl (C=O) groups is 1. The maximum absolute atomic E-state index is 12.1. The lowest BCUT2D eigenvalue weighted by Gasteiger charge is -2.25. The highest BCUT2D eigenvalue weighted by atomic mass is 16.2. The van der Waals surface area contributed by atoms with Gasteiger partial charge in [0, 0.05) is 25.0 Å². The summed E-state index contributed by atoms with van der Waals surface area (Å²) in [4.78, 5) is 12.1. The predicted octanol–water partition coefficient (Wildman–Crippen LogP) is 1.15. The van der Waals surface area contributed by atoms with Crippen molar-refractivity contribution in [2.45, 2.75) is 38.6 Å². The fourth-order valence-electron chi connectivity index (χ4n) is 3.44. The van der Waals surface area contributed by atoms with Crippen LogP contribution in [0.15, 0.2) is 0 Å². The highest BCUT2D eigenvalue weighted by Crippen LogP contribution is 2.42.